The fraction of sp³-hybridized carbons (Fsp3) is 1.00. The van der Waals surface area contributed by atoms with Gasteiger partial charge in [0.2, 0.25) is 0 Å². The first-order valence-electron chi connectivity index (χ1n) is 7.23. The molecule has 2 saturated carbocycles. The van der Waals surface area contributed by atoms with Crippen LogP contribution in [0.3, 0.4) is 0 Å². The zero-order chi connectivity index (χ0) is 12.8. The van der Waals surface area contributed by atoms with Gasteiger partial charge >= 0.3 is 0 Å². The number of nitrogens with one attached hydrogen (secondary N) is 1. The molecule has 0 radical (unpaired) electrons. The number of hydrogen-bond acceptors (Lipinski definition) is 4. The van der Waals surface area contributed by atoms with Crippen molar-refractivity contribution < 1.29 is 8.42 Å². The van der Waals surface area contributed by atoms with Crippen molar-refractivity contribution in [2.24, 2.45) is 0 Å². The Kier molecular flexibility index (Phi) is 3.41. The topological polar surface area (TPSA) is 49.4 Å². The molecule has 1 heterocycles. The molecule has 3 unspecified atom stereocenters. The van der Waals surface area contributed by atoms with E-state index in [0.717, 1.165) is 31.8 Å². The van der Waals surface area contributed by atoms with Crippen LogP contribution in [-0.4, -0.2) is 56.0 Å². The fourth-order valence-electron chi connectivity index (χ4n) is 3.63. The number of likely N-dealkylation sites (tertiary alicyclic amines) is 1. The van der Waals surface area contributed by atoms with Crippen LogP contribution in [0.2, 0.25) is 0 Å². The number of rotatable bonds is 4. The third-order valence-electron chi connectivity index (χ3n) is 4.74. The predicted molar refractivity (Wildman–Crippen MR) is 72.4 cm³/mol. The summed E-state index contributed by atoms with van der Waals surface area (Å²) in [7, 11) is -2.89. The van der Waals surface area contributed by atoms with E-state index < -0.39 is 9.84 Å². The zero-order valence-corrected chi connectivity index (χ0v) is 12.0. The maximum atomic E-state index is 11.7. The van der Waals surface area contributed by atoms with Gasteiger partial charge in [0.15, 0.2) is 9.84 Å². The van der Waals surface area contributed by atoms with Crippen molar-refractivity contribution in [2.45, 2.75) is 61.9 Å². The molecule has 0 aromatic heterocycles. The van der Waals surface area contributed by atoms with Gasteiger partial charge in [0, 0.05) is 37.5 Å². The van der Waals surface area contributed by atoms with Crippen molar-refractivity contribution in [2.75, 3.05) is 19.3 Å². The summed E-state index contributed by atoms with van der Waals surface area (Å²) in [5.41, 5.74) is 0. The van der Waals surface area contributed by atoms with E-state index in [1.165, 1.54) is 32.1 Å². The van der Waals surface area contributed by atoms with Gasteiger partial charge in [-0.3, -0.25) is 4.90 Å². The monoisotopic (exact) mass is 272 g/mol. The molecular formula is C13H24N2O2S. The largest absolute Gasteiger partial charge is 0.309 e. The molecule has 5 heteroatoms. The minimum Gasteiger partial charge on any atom is -0.309 e. The highest BCUT2D eigenvalue weighted by Crippen LogP contribution is 2.31. The Labute approximate surface area is 110 Å². The van der Waals surface area contributed by atoms with Crippen molar-refractivity contribution in [1.82, 2.24) is 10.2 Å². The standard InChI is InChI=1S/C13H24N2O2S/c1-18(16,17)13-4-2-3-12(13)14-10-7-8-15(9-10)11-5-6-11/h10-14H,2-9H2,1H3. The first-order valence-corrected chi connectivity index (χ1v) is 9.18. The molecule has 0 spiro atoms. The summed E-state index contributed by atoms with van der Waals surface area (Å²) in [5, 5.41) is 3.48. The normalized spacial score (nSPS) is 38.4. The molecule has 104 valence electrons. The summed E-state index contributed by atoms with van der Waals surface area (Å²) in [5.74, 6) is 0. The second kappa shape index (κ2) is 4.76. The average molecular weight is 272 g/mol. The Morgan fingerprint density at radius 2 is 1.89 bits per heavy atom. The Morgan fingerprint density at radius 3 is 2.56 bits per heavy atom. The van der Waals surface area contributed by atoms with Crippen LogP contribution in [0.15, 0.2) is 0 Å². The van der Waals surface area contributed by atoms with Crippen molar-refractivity contribution in [1.29, 1.82) is 0 Å². The molecule has 3 atom stereocenters. The summed E-state index contributed by atoms with van der Waals surface area (Å²) >= 11 is 0. The summed E-state index contributed by atoms with van der Waals surface area (Å²) in [6.45, 7) is 2.32. The summed E-state index contributed by atoms with van der Waals surface area (Å²) in [6.07, 6.45) is 8.22. The van der Waals surface area contributed by atoms with Crippen molar-refractivity contribution in [3.63, 3.8) is 0 Å². The summed E-state index contributed by atoms with van der Waals surface area (Å²) in [6, 6.07) is 1.55. The molecule has 4 nitrogen and oxygen atoms in total. The summed E-state index contributed by atoms with van der Waals surface area (Å²) < 4.78 is 23.5. The molecule has 3 aliphatic rings. The molecule has 1 aliphatic heterocycles. The zero-order valence-electron chi connectivity index (χ0n) is 11.1. The molecule has 0 bridgehead atoms. The maximum absolute atomic E-state index is 11.7. The van der Waals surface area contributed by atoms with Gasteiger partial charge in [0.1, 0.15) is 0 Å². The van der Waals surface area contributed by atoms with Gasteiger partial charge in [0.25, 0.3) is 0 Å². The second-order valence-corrected chi connectivity index (χ2v) is 8.55. The second-order valence-electron chi connectivity index (χ2n) is 6.28. The van der Waals surface area contributed by atoms with Crippen LogP contribution < -0.4 is 5.32 Å². The van der Waals surface area contributed by atoms with E-state index in [2.05, 4.69) is 10.2 Å². The van der Waals surface area contributed by atoms with E-state index in [0.29, 0.717) is 6.04 Å². The molecule has 18 heavy (non-hydrogen) atoms. The Hall–Kier alpha value is -0.130. The molecule has 0 aromatic rings. The molecule has 0 amide bonds. The Bertz CT molecular complexity index is 405. The molecule has 3 fully saturated rings. The van der Waals surface area contributed by atoms with Crippen LogP contribution in [0.1, 0.15) is 38.5 Å². The minimum absolute atomic E-state index is 0.146. The molecule has 0 aromatic carbocycles. The molecule has 2 aliphatic carbocycles. The van der Waals surface area contributed by atoms with Crippen LogP contribution in [0, 0.1) is 0 Å². The van der Waals surface area contributed by atoms with Gasteiger partial charge in [-0.15, -0.1) is 0 Å². The highest BCUT2D eigenvalue weighted by molar-refractivity contribution is 7.91. The smallest absolute Gasteiger partial charge is 0.151 e. The van der Waals surface area contributed by atoms with E-state index in [1.807, 2.05) is 0 Å². The lowest BCUT2D eigenvalue weighted by molar-refractivity contribution is 0.312. The number of nitrogens with zero attached hydrogens (tertiary/aromatic N) is 1. The van der Waals surface area contributed by atoms with Gasteiger partial charge in [0.05, 0.1) is 5.25 Å². The van der Waals surface area contributed by atoms with Gasteiger partial charge in [-0.1, -0.05) is 6.42 Å². The van der Waals surface area contributed by atoms with Gasteiger partial charge < -0.3 is 5.32 Å². The first kappa shape index (κ1) is 12.9. The third-order valence-corrected chi connectivity index (χ3v) is 6.40. The molecule has 3 rings (SSSR count). The molecule has 1 saturated heterocycles. The first-order chi connectivity index (χ1) is 8.54. The van der Waals surface area contributed by atoms with Crippen LogP contribution in [-0.2, 0) is 9.84 Å². The van der Waals surface area contributed by atoms with Gasteiger partial charge in [-0.05, 0) is 32.1 Å². The van der Waals surface area contributed by atoms with E-state index in [1.54, 1.807) is 0 Å². The van der Waals surface area contributed by atoms with E-state index in [-0.39, 0.29) is 11.3 Å². The lowest BCUT2D eigenvalue weighted by atomic mass is 10.2. The van der Waals surface area contributed by atoms with Crippen molar-refractivity contribution in [3.05, 3.63) is 0 Å². The van der Waals surface area contributed by atoms with Crippen LogP contribution in [0.25, 0.3) is 0 Å². The van der Waals surface area contributed by atoms with E-state index in [9.17, 15) is 8.42 Å². The molecule has 1 N–H and O–H groups in total. The number of hydrogen-bond donors (Lipinski definition) is 1. The Balaban J connectivity index is 1.56. The third kappa shape index (κ3) is 2.73. The maximum Gasteiger partial charge on any atom is 0.151 e. The highest BCUT2D eigenvalue weighted by atomic mass is 32.2. The van der Waals surface area contributed by atoms with Gasteiger partial charge in [-0.25, -0.2) is 8.42 Å². The molecular weight excluding hydrogens is 248 g/mol. The lowest BCUT2D eigenvalue weighted by Crippen LogP contribution is -2.46. The van der Waals surface area contributed by atoms with Crippen LogP contribution >= 0.6 is 0 Å². The van der Waals surface area contributed by atoms with E-state index >= 15 is 0 Å². The predicted octanol–water partition coefficient (Wildman–Crippen LogP) is 0.778. The summed E-state index contributed by atoms with van der Waals surface area (Å²) in [4.78, 5) is 2.57. The van der Waals surface area contributed by atoms with Crippen molar-refractivity contribution >= 4 is 9.84 Å². The fourth-order valence-corrected chi connectivity index (χ4v) is 5.03. The average Bonchev–Trinajstić information content (AvgIpc) is 2.85. The van der Waals surface area contributed by atoms with Crippen LogP contribution in [0.4, 0.5) is 0 Å². The van der Waals surface area contributed by atoms with Gasteiger partial charge in [-0.2, -0.15) is 0 Å². The minimum atomic E-state index is -2.89. The van der Waals surface area contributed by atoms with Crippen LogP contribution in [0.5, 0.6) is 0 Å². The SMILES string of the molecule is CS(=O)(=O)C1CCCC1NC1CCN(C2CC2)C1. The quantitative estimate of drug-likeness (QED) is 0.821. The van der Waals surface area contributed by atoms with Crippen molar-refractivity contribution in [3.8, 4) is 0 Å². The lowest BCUT2D eigenvalue weighted by Gasteiger charge is -2.24. The van der Waals surface area contributed by atoms with E-state index in [4.69, 9.17) is 0 Å². The number of sulfone groups is 1. The highest BCUT2D eigenvalue weighted by Gasteiger charge is 2.39. The Morgan fingerprint density at radius 1 is 1.11 bits per heavy atom.